The van der Waals surface area contributed by atoms with Gasteiger partial charge in [-0.15, -0.1) is 0 Å². The number of rotatable bonds is 6. The van der Waals surface area contributed by atoms with Gasteiger partial charge in [0.25, 0.3) is 0 Å². The van der Waals surface area contributed by atoms with Crippen LogP contribution < -0.4 is 0 Å². The maximum absolute atomic E-state index is 12.1. The Morgan fingerprint density at radius 1 is 1.00 bits per heavy atom. The van der Waals surface area contributed by atoms with Crippen molar-refractivity contribution < 1.29 is 9.53 Å². The number of hydrogen-bond donors (Lipinski definition) is 0. The molecule has 2 nitrogen and oxygen atoms in total. The number of carbonyl (C=O) groups is 1. The Morgan fingerprint density at radius 2 is 1.60 bits per heavy atom. The molecule has 0 bridgehead atoms. The zero-order valence-corrected chi connectivity index (χ0v) is 16.7. The predicted molar refractivity (Wildman–Crippen MR) is 110 cm³/mol. The minimum absolute atomic E-state index is 0.0786. The monoisotopic (exact) mass is 448 g/mol. The van der Waals surface area contributed by atoms with Crippen LogP contribution in [0.2, 0.25) is 0 Å². The third kappa shape index (κ3) is 5.56. The number of hydrogen-bond acceptors (Lipinski definition) is 2. The minimum Gasteiger partial charge on any atom is -0.461 e. The quantitative estimate of drug-likeness (QED) is 0.306. The van der Waals surface area contributed by atoms with E-state index in [1.54, 1.807) is 0 Å². The average Bonchev–Trinajstić information content (AvgIpc) is 2.67. The summed E-state index contributed by atoms with van der Waals surface area (Å²) in [7, 11) is 0. The van der Waals surface area contributed by atoms with Gasteiger partial charge in [0, 0.05) is 9.84 Å². The van der Waals surface area contributed by atoms with Crippen LogP contribution in [0.3, 0.4) is 0 Å². The van der Waals surface area contributed by atoms with Crippen molar-refractivity contribution in [3.8, 4) is 0 Å². The second-order valence-corrected chi connectivity index (χ2v) is 9.27. The maximum Gasteiger partial charge on any atom is 0.306 e. The smallest absolute Gasteiger partial charge is 0.306 e. The first-order valence-corrected chi connectivity index (χ1v) is 10.2. The molecular formula is C22H25IO2. The summed E-state index contributed by atoms with van der Waals surface area (Å²) >= 11 is 2.58. The fourth-order valence-corrected chi connectivity index (χ4v) is 4.47. The molecule has 25 heavy (non-hydrogen) atoms. The van der Waals surface area contributed by atoms with Crippen LogP contribution in [-0.2, 0) is 16.1 Å². The summed E-state index contributed by atoms with van der Waals surface area (Å²) in [5, 5.41) is 0. The Balaban J connectivity index is 1.41. The molecule has 3 heteroatoms. The molecule has 0 amide bonds. The summed E-state index contributed by atoms with van der Waals surface area (Å²) in [6, 6.07) is 20.7. The Kier molecular flexibility index (Phi) is 6.51. The van der Waals surface area contributed by atoms with Gasteiger partial charge in [-0.1, -0.05) is 83.3 Å². The van der Waals surface area contributed by atoms with Crippen molar-refractivity contribution in [2.45, 2.75) is 54.5 Å². The van der Waals surface area contributed by atoms with Crippen LogP contribution in [0.15, 0.2) is 60.7 Å². The predicted octanol–water partition coefficient (Wildman–Crippen LogP) is 6.04. The van der Waals surface area contributed by atoms with E-state index in [2.05, 4.69) is 52.9 Å². The number of esters is 1. The molecule has 0 heterocycles. The van der Waals surface area contributed by atoms with E-state index in [1.807, 2.05) is 30.3 Å². The van der Waals surface area contributed by atoms with E-state index >= 15 is 0 Å². The number of benzene rings is 2. The Bertz CT molecular complexity index is 661. The molecule has 0 aromatic heterocycles. The van der Waals surface area contributed by atoms with Crippen LogP contribution >= 0.6 is 22.6 Å². The summed E-state index contributed by atoms with van der Waals surface area (Å²) < 4.78 is 5.66. The third-order valence-corrected chi connectivity index (χ3v) is 6.79. The summed E-state index contributed by atoms with van der Waals surface area (Å²) in [5.74, 6) is 0.596. The van der Waals surface area contributed by atoms with Crippen molar-refractivity contribution in [3.05, 3.63) is 71.8 Å². The topological polar surface area (TPSA) is 26.3 Å². The van der Waals surface area contributed by atoms with E-state index in [0.29, 0.717) is 18.9 Å². The molecule has 0 unspecified atom stereocenters. The highest BCUT2D eigenvalue weighted by molar-refractivity contribution is 14.1. The van der Waals surface area contributed by atoms with Gasteiger partial charge in [-0.25, -0.2) is 0 Å². The molecule has 132 valence electrons. The lowest BCUT2D eigenvalue weighted by Gasteiger charge is -2.36. The van der Waals surface area contributed by atoms with Crippen molar-refractivity contribution in [1.29, 1.82) is 0 Å². The number of carbonyl (C=O) groups excluding carboxylic acids is 1. The first kappa shape index (κ1) is 18.4. The Labute approximate surface area is 164 Å². The summed E-state index contributed by atoms with van der Waals surface area (Å²) in [6.45, 7) is 0.379. The highest BCUT2D eigenvalue weighted by atomic mass is 127. The first-order valence-electron chi connectivity index (χ1n) is 9.08. The van der Waals surface area contributed by atoms with Crippen molar-refractivity contribution in [1.82, 2.24) is 0 Å². The molecule has 0 spiro atoms. The van der Waals surface area contributed by atoms with Crippen LogP contribution in [0.1, 0.15) is 55.6 Å². The largest absolute Gasteiger partial charge is 0.461 e. The third-order valence-electron chi connectivity index (χ3n) is 5.17. The normalized spacial score (nSPS) is 23.2. The first-order chi connectivity index (χ1) is 12.1. The van der Waals surface area contributed by atoms with Crippen LogP contribution in [0.25, 0.3) is 0 Å². The van der Waals surface area contributed by atoms with Crippen LogP contribution in [0, 0.1) is 0 Å². The lowest BCUT2D eigenvalue weighted by molar-refractivity contribution is -0.145. The molecular weight excluding hydrogens is 423 g/mol. The zero-order chi connectivity index (χ0) is 17.5. The van der Waals surface area contributed by atoms with E-state index in [1.165, 1.54) is 31.2 Å². The molecule has 0 saturated heterocycles. The Morgan fingerprint density at radius 3 is 2.24 bits per heavy atom. The lowest BCUT2D eigenvalue weighted by atomic mass is 9.77. The van der Waals surface area contributed by atoms with E-state index in [4.69, 9.17) is 4.74 Å². The number of alkyl halides is 1. The fourth-order valence-electron chi connectivity index (χ4n) is 3.58. The fraction of sp³-hybridized carbons (Fsp3) is 0.409. The molecule has 1 aliphatic rings. The summed E-state index contributed by atoms with van der Waals surface area (Å²) in [5.41, 5.74) is 2.51. The highest BCUT2D eigenvalue weighted by Gasteiger charge is 2.33. The van der Waals surface area contributed by atoms with Crippen molar-refractivity contribution >= 4 is 28.6 Å². The van der Waals surface area contributed by atoms with Crippen LogP contribution in [0.5, 0.6) is 0 Å². The molecule has 0 radical (unpaired) electrons. The van der Waals surface area contributed by atoms with Gasteiger partial charge in [0.15, 0.2) is 0 Å². The van der Waals surface area contributed by atoms with Gasteiger partial charge in [0.1, 0.15) is 6.61 Å². The van der Waals surface area contributed by atoms with Gasteiger partial charge in [-0.2, -0.15) is 0 Å². The highest BCUT2D eigenvalue weighted by Crippen LogP contribution is 2.45. The lowest BCUT2D eigenvalue weighted by Crippen LogP contribution is -2.28. The molecule has 1 aliphatic carbocycles. The molecule has 1 saturated carbocycles. The Hall–Kier alpha value is -1.36. The van der Waals surface area contributed by atoms with Gasteiger partial charge < -0.3 is 4.74 Å². The molecule has 1 fully saturated rings. The second-order valence-electron chi connectivity index (χ2n) is 6.98. The van der Waals surface area contributed by atoms with Crippen molar-refractivity contribution in [3.63, 3.8) is 0 Å². The maximum atomic E-state index is 12.1. The van der Waals surface area contributed by atoms with Crippen LogP contribution in [0.4, 0.5) is 0 Å². The standard InChI is InChI=1S/C22H25IO2/c23-22(14-11-20(12-15-22)19-9-5-2-6-10-19)16-13-21(24)25-17-18-7-3-1-4-8-18/h1-10,20H,11-17H2. The van der Waals surface area contributed by atoms with Gasteiger partial charge in [-0.3, -0.25) is 4.79 Å². The average molecular weight is 448 g/mol. The molecule has 3 rings (SSSR count). The molecule has 2 aromatic rings. The second kappa shape index (κ2) is 8.84. The van der Waals surface area contributed by atoms with Gasteiger partial charge >= 0.3 is 5.97 Å². The van der Waals surface area contributed by atoms with Gasteiger partial charge in [0.2, 0.25) is 0 Å². The molecule has 0 N–H and O–H groups in total. The molecule has 2 aromatic carbocycles. The van der Waals surface area contributed by atoms with Crippen molar-refractivity contribution in [2.75, 3.05) is 0 Å². The van der Waals surface area contributed by atoms with Gasteiger partial charge in [0.05, 0.1) is 0 Å². The molecule has 0 atom stereocenters. The van der Waals surface area contributed by atoms with E-state index < -0.39 is 0 Å². The minimum atomic E-state index is -0.0786. The van der Waals surface area contributed by atoms with E-state index in [-0.39, 0.29) is 9.39 Å². The zero-order valence-electron chi connectivity index (χ0n) is 14.5. The van der Waals surface area contributed by atoms with Crippen molar-refractivity contribution in [2.24, 2.45) is 0 Å². The van der Waals surface area contributed by atoms with Crippen LogP contribution in [-0.4, -0.2) is 9.39 Å². The summed E-state index contributed by atoms with van der Waals surface area (Å²) in [6.07, 6.45) is 6.23. The van der Waals surface area contributed by atoms with E-state index in [9.17, 15) is 4.79 Å². The van der Waals surface area contributed by atoms with Gasteiger partial charge in [-0.05, 0) is 49.1 Å². The van der Waals surface area contributed by atoms with E-state index in [0.717, 1.165) is 12.0 Å². The molecule has 0 aliphatic heterocycles. The SMILES string of the molecule is O=C(CCC1(I)CCC(c2ccccc2)CC1)OCc1ccccc1. The number of ether oxygens (including phenoxy) is 1. The summed E-state index contributed by atoms with van der Waals surface area (Å²) in [4.78, 5) is 12.1. The number of halogens is 1.